The van der Waals surface area contributed by atoms with Crippen LogP contribution in [0.1, 0.15) is 26.3 Å². The summed E-state index contributed by atoms with van der Waals surface area (Å²) in [5, 5.41) is 14.7. The zero-order valence-corrected chi connectivity index (χ0v) is 11.0. The number of rotatable bonds is 3. The Hall–Kier alpha value is -1.79. The maximum Gasteiger partial charge on any atom is 0.271 e. The lowest BCUT2D eigenvalue weighted by atomic mass is 9.91. The molecule has 102 valence electrons. The van der Waals surface area contributed by atoms with Crippen molar-refractivity contribution in [3.63, 3.8) is 0 Å². The van der Waals surface area contributed by atoms with Crippen molar-refractivity contribution in [2.75, 3.05) is 0 Å². The molecule has 0 radical (unpaired) electrons. The highest BCUT2D eigenvalue weighted by Crippen LogP contribution is 2.27. The van der Waals surface area contributed by atoms with Crippen molar-refractivity contribution in [2.45, 2.75) is 32.4 Å². The zero-order valence-electron chi connectivity index (χ0n) is 11.0. The van der Waals surface area contributed by atoms with Gasteiger partial charge in [-0.15, -0.1) is 0 Å². The first-order valence-corrected chi connectivity index (χ1v) is 6.00. The topological polar surface area (TPSA) is 64.9 Å². The third kappa shape index (κ3) is 2.02. The molecule has 0 bridgehead atoms. The van der Waals surface area contributed by atoms with Gasteiger partial charge < -0.3 is 5.21 Å². The molecule has 1 aliphatic heterocycles. The second-order valence-electron chi connectivity index (χ2n) is 4.91. The van der Waals surface area contributed by atoms with E-state index in [1.807, 2.05) is 5.48 Å². The van der Waals surface area contributed by atoms with Gasteiger partial charge in [-0.3, -0.25) is 4.79 Å². The fourth-order valence-electron chi connectivity index (χ4n) is 2.01. The summed E-state index contributed by atoms with van der Waals surface area (Å²) in [6.45, 7) is 5.07. The Morgan fingerprint density at radius 1 is 1.42 bits per heavy atom. The molecule has 1 amide bonds. The molecule has 0 saturated heterocycles. The van der Waals surface area contributed by atoms with Gasteiger partial charge in [0.25, 0.3) is 5.91 Å². The predicted molar refractivity (Wildman–Crippen MR) is 68.2 cm³/mol. The van der Waals surface area contributed by atoms with Gasteiger partial charge in [0.2, 0.25) is 0 Å². The standard InChI is InChI=1S/C13H16FN3O2/c1-8(2)17-12(18)13(3,16-19)11(15-17)9-6-4-5-7-10(9)14/h4-8,16,19H,1-3H3. The van der Waals surface area contributed by atoms with Gasteiger partial charge >= 0.3 is 0 Å². The first-order valence-electron chi connectivity index (χ1n) is 6.00. The van der Waals surface area contributed by atoms with Gasteiger partial charge in [0.1, 0.15) is 11.5 Å². The Kier molecular flexibility index (Phi) is 3.38. The van der Waals surface area contributed by atoms with Crippen molar-refractivity contribution >= 4 is 11.6 Å². The van der Waals surface area contributed by atoms with Crippen LogP contribution in [0.4, 0.5) is 4.39 Å². The van der Waals surface area contributed by atoms with Gasteiger partial charge in [0.05, 0.1) is 6.04 Å². The summed E-state index contributed by atoms with van der Waals surface area (Å²) in [6, 6.07) is 5.85. The number of hydroxylamine groups is 1. The second kappa shape index (κ2) is 4.71. The van der Waals surface area contributed by atoms with Crippen LogP contribution < -0.4 is 5.48 Å². The summed E-state index contributed by atoms with van der Waals surface area (Å²) < 4.78 is 13.9. The highest BCUT2D eigenvalue weighted by Gasteiger charge is 2.49. The Bertz CT molecular complexity index is 544. The first-order chi connectivity index (χ1) is 8.91. The number of amides is 1. The number of benzene rings is 1. The van der Waals surface area contributed by atoms with Crippen LogP contribution in [-0.2, 0) is 4.79 Å². The Morgan fingerprint density at radius 2 is 2.05 bits per heavy atom. The molecule has 2 N–H and O–H groups in total. The van der Waals surface area contributed by atoms with E-state index in [9.17, 15) is 14.4 Å². The molecular formula is C13H16FN3O2. The minimum Gasteiger partial charge on any atom is -0.315 e. The van der Waals surface area contributed by atoms with E-state index in [4.69, 9.17) is 0 Å². The minimum atomic E-state index is -1.44. The number of hydrazone groups is 1. The molecule has 1 aliphatic rings. The Balaban J connectivity index is 2.56. The van der Waals surface area contributed by atoms with Crippen molar-refractivity contribution < 1.29 is 14.4 Å². The van der Waals surface area contributed by atoms with Crippen molar-refractivity contribution in [1.29, 1.82) is 0 Å². The van der Waals surface area contributed by atoms with Gasteiger partial charge in [-0.1, -0.05) is 18.2 Å². The number of nitrogens with one attached hydrogen (secondary N) is 1. The molecule has 1 heterocycles. The van der Waals surface area contributed by atoms with Crippen LogP contribution in [0.3, 0.4) is 0 Å². The highest BCUT2D eigenvalue weighted by molar-refractivity contribution is 6.23. The maximum absolute atomic E-state index is 13.9. The van der Waals surface area contributed by atoms with E-state index >= 15 is 0 Å². The van der Waals surface area contributed by atoms with E-state index in [1.54, 1.807) is 26.0 Å². The van der Waals surface area contributed by atoms with Crippen molar-refractivity contribution in [1.82, 2.24) is 10.5 Å². The van der Waals surface area contributed by atoms with Gasteiger partial charge in [-0.2, -0.15) is 10.6 Å². The number of carbonyl (C=O) groups excluding carboxylic acids is 1. The zero-order chi connectivity index (χ0) is 14.2. The van der Waals surface area contributed by atoms with Crippen molar-refractivity contribution in [2.24, 2.45) is 5.10 Å². The van der Waals surface area contributed by atoms with Crippen molar-refractivity contribution in [3.05, 3.63) is 35.6 Å². The van der Waals surface area contributed by atoms with E-state index in [0.717, 1.165) is 0 Å². The van der Waals surface area contributed by atoms with E-state index in [0.29, 0.717) is 0 Å². The van der Waals surface area contributed by atoms with Crippen LogP contribution in [0.25, 0.3) is 0 Å². The largest absolute Gasteiger partial charge is 0.315 e. The number of nitrogens with zero attached hydrogens (tertiary/aromatic N) is 2. The summed E-state index contributed by atoms with van der Waals surface area (Å²) in [5.74, 6) is -0.899. The molecule has 0 aromatic heterocycles. The molecule has 0 spiro atoms. The van der Waals surface area contributed by atoms with E-state index < -0.39 is 17.3 Å². The number of carbonyl (C=O) groups is 1. The lowest BCUT2D eigenvalue weighted by molar-refractivity contribution is -0.137. The average molecular weight is 265 g/mol. The van der Waals surface area contributed by atoms with Gasteiger partial charge in [0, 0.05) is 5.56 Å². The fourth-order valence-corrected chi connectivity index (χ4v) is 2.01. The molecule has 6 heteroatoms. The third-order valence-corrected chi connectivity index (χ3v) is 3.16. The van der Waals surface area contributed by atoms with Crippen LogP contribution >= 0.6 is 0 Å². The normalized spacial score (nSPS) is 23.2. The third-order valence-electron chi connectivity index (χ3n) is 3.16. The van der Waals surface area contributed by atoms with Crippen LogP contribution in [0.15, 0.2) is 29.4 Å². The summed E-state index contributed by atoms with van der Waals surface area (Å²) in [7, 11) is 0. The number of hydrogen-bond acceptors (Lipinski definition) is 4. The van der Waals surface area contributed by atoms with E-state index in [1.165, 1.54) is 24.1 Å². The molecule has 5 nitrogen and oxygen atoms in total. The molecule has 0 fully saturated rings. The summed E-state index contributed by atoms with van der Waals surface area (Å²) >= 11 is 0. The lowest BCUT2D eigenvalue weighted by Crippen LogP contribution is -2.55. The predicted octanol–water partition coefficient (Wildman–Crippen LogP) is 1.52. The van der Waals surface area contributed by atoms with Crippen LogP contribution in [0, 0.1) is 5.82 Å². The SMILES string of the molecule is CC(C)N1N=C(c2ccccc2F)C(C)(NO)C1=O. The molecule has 0 aliphatic carbocycles. The molecule has 1 aromatic carbocycles. The Labute approximate surface area is 110 Å². The maximum atomic E-state index is 13.9. The molecule has 1 atom stereocenters. The van der Waals surface area contributed by atoms with Crippen molar-refractivity contribution in [3.8, 4) is 0 Å². The number of hydrogen-bond donors (Lipinski definition) is 2. The molecule has 1 aromatic rings. The summed E-state index contributed by atoms with van der Waals surface area (Å²) in [4.78, 5) is 12.3. The van der Waals surface area contributed by atoms with Gasteiger partial charge in [0.15, 0.2) is 5.54 Å². The number of halogens is 1. The quantitative estimate of drug-likeness (QED) is 0.814. The molecule has 0 saturated carbocycles. The second-order valence-corrected chi connectivity index (χ2v) is 4.91. The van der Waals surface area contributed by atoms with Gasteiger partial charge in [-0.25, -0.2) is 9.40 Å². The summed E-state index contributed by atoms with van der Waals surface area (Å²) in [5.41, 5.74) is 0.894. The monoisotopic (exact) mass is 265 g/mol. The smallest absolute Gasteiger partial charge is 0.271 e. The summed E-state index contributed by atoms with van der Waals surface area (Å²) in [6.07, 6.45) is 0. The minimum absolute atomic E-state index is 0.173. The van der Waals surface area contributed by atoms with Gasteiger partial charge in [-0.05, 0) is 26.8 Å². The lowest BCUT2D eigenvalue weighted by Gasteiger charge is -2.24. The molecule has 19 heavy (non-hydrogen) atoms. The highest BCUT2D eigenvalue weighted by atomic mass is 19.1. The van der Waals surface area contributed by atoms with E-state index in [2.05, 4.69) is 5.10 Å². The average Bonchev–Trinajstić information content (AvgIpc) is 2.64. The fraction of sp³-hybridized carbons (Fsp3) is 0.385. The van der Waals surface area contributed by atoms with Crippen LogP contribution in [0.2, 0.25) is 0 Å². The van der Waals surface area contributed by atoms with E-state index in [-0.39, 0.29) is 17.3 Å². The molecule has 1 unspecified atom stereocenters. The first kappa shape index (κ1) is 13.6. The van der Waals surface area contributed by atoms with Crippen LogP contribution in [0.5, 0.6) is 0 Å². The molecule has 2 rings (SSSR count). The van der Waals surface area contributed by atoms with Crippen LogP contribution in [-0.4, -0.2) is 33.4 Å². The Morgan fingerprint density at radius 3 is 2.58 bits per heavy atom. The molecular weight excluding hydrogens is 249 g/mol.